The third kappa shape index (κ3) is 5.18. The minimum absolute atomic E-state index is 0.0417. The Kier molecular flexibility index (Phi) is 7.72. The van der Waals surface area contributed by atoms with Gasteiger partial charge in [0.1, 0.15) is 0 Å². The van der Waals surface area contributed by atoms with Gasteiger partial charge in [-0.15, -0.1) is 0 Å². The molecule has 1 nitrogen and oxygen atoms in total. The molecular formula is C20H21ClOS2Se. The fraction of sp³-hybridized carbons (Fsp3) is 0.250. The van der Waals surface area contributed by atoms with Gasteiger partial charge in [0.05, 0.1) is 0 Å². The number of ketones is 1. The summed E-state index contributed by atoms with van der Waals surface area (Å²) in [5.41, 5.74) is 4.49. The molecule has 0 saturated heterocycles. The number of hydrogen-bond acceptors (Lipinski definition) is 3. The van der Waals surface area contributed by atoms with Crippen molar-refractivity contribution in [1.29, 1.82) is 0 Å². The van der Waals surface area contributed by atoms with Crippen LogP contribution in [0.2, 0.25) is 5.02 Å². The zero-order valence-corrected chi connectivity index (χ0v) is 19.1. The molecule has 0 spiro atoms. The van der Waals surface area contributed by atoms with E-state index < -0.39 is 0 Å². The van der Waals surface area contributed by atoms with Crippen molar-refractivity contribution in [2.24, 2.45) is 0 Å². The molecule has 25 heavy (non-hydrogen) atoms. The van der Waals surface area contributed by atoms with Crippen LogP contribution < -0.4 is 4.46 Å². The molecule has 132 valence electrons. The zero-order valence-electron chi connectivity index (χ0n) is 15.0. The van der Waals surface area contributed by atoms with E-state index in [1.165, 1.54) is 21.2 Å². The number of aryl methyl sites for hydroxylation is 3. The summed E-state index contributed by atoms with van der Waals surface area (Å²) in [5, 5.41) is 0.646. The van der Waals surface area contributed by atoms with Gasteiger partial charge in [0, 0.05) is 0 Å². The molecule has 0 unspecified atom stereocenters. The van der Waals surface area contributed by atoms with Gasteiger partial charge in [-0.05, 0) is 0 Å². The quantitative estimate of drug-likeness (QED) is 0.331. The summed E-state index contributed by atoms with van der Waals surface area (Å²) < 4.78 is 3.32. The number of halogens is 1. The topological polar surface area (TPSA) is 17.1 Å². The SMILES string of the molecule is CSC(SC)=C([Se]c1c(C)cc(C)cc1C)C(=O)c1ccc(Cl)cc1. The molecule has 0 amide bonds. The number of Topliss-reactive ketones (excluding diaryl/α,β-unsaturated/α-hetero) is 1. The molecule has 0 N–H and O–H groups in total. The van der Waals surface area contributed by atoms with Crippen LogP contribution in [0.25, 0.3) is 0 Å². The van der Waals surface area contributed by atoms with E-state index in [0.29, 0.717) is 10.6 Å². The fourth-order valence-corrected chi connectivity index (χ4v) is 7.41. The minimum atomic E-state index is -0.0417. The molecule has 0 aliphatic carbocycles. The number of thioether (sulfide) groups is 2. The molecule has 2 aromatic carbocycles. The van der Waals surface area contributed by atoms with Gasteiger partial charge in [-0.25, -0.2) is 0 Å². The predicted molar refractivity (Wildman–Crippen MR) is 116 cm³/mol. The van der Waals surface area contributed by atoms with Crippen LogP contribution in [0.1, 0.15) is 27.0 Å². The van der Waals surface area contributed by atoms with Crippen molar-refractivity contribution < 1.29 is 4.79 Å². The number of allylic oxidation sites excluding steroid dienone is 1. The van der Waals surface area contributed by atoms with Crippen molar-refractivity contribution in [2.75, 3.05) is 12.5 Å². The van der Waals surface area contributed by atoms with Gasteiger partial charge in [-0.1, -0.05) is 0 Å². The van der Waals surface area contributed by atoms with Crippen LogP contribution in [-0.2, 0) is 0 Å². The van der Waals surface area contributed by atoms with Crippen LogP contribution in [0.3, 0.4) is 0 Å². The Balaban J connectivity index is 2.50. The van der Waals surface area contributed by atoms with Crippen molar-refractivity contribution in [1.82, 2.24) is 0 Å². The molecule has 0 heterocycles. The van der Waals surface area contributed by atoms with Crippen molar-refractivity contribution >= 4 is 60.3 Å². The van der Waals surface area contributed by atoms with E-state index in [-0.39, 0.29) is 20.7 Å². The van der Waals surface area contributed by atoms with Crippen molar-refractivity contribution in [3.05, 3.63) is 72.4 Å². The van der Waals surface area contributed by atoms with Gasteiger partial charge >= 0.3 is 171 Å². The Bertz CT molecular complexity index is 784. The van der Waals surface area contributed by atoms with Crippen molar-refractivity contribution in [2.45, 2.75) is 20.8 Å². The third-order valence-electron chi connectivity index (χ3n) is 3.68. The normalized spacial score (nSPS) is 10.6. The molecule has 5 heteroatoms. The van der Waals surface area contributed by atoms with E-state index in [4.69, 9.17) is 11.6 Å². The van der Waals surface area contributed by atoms with E-state index in [1.807, 2.05) is 24.6 Å². The van der Waals surface area contributed by atoms with Crippen LogP contribution in [0.5, 0.6) is 0 Å². The standard InChI is InChI=1S/C20H21ClOS2Se/c1-12-10-13(2)18(14(3)11-12)25-19(20(23-4)24-5)17(22)15-6-8-16(21)9-7-15/h6-11H,1-5H3. The van der Waals surface area contributed by atoms with Gasteiger partial charge < -0.3 is 0 Å². The number of hydrogen-bond donors (Lipinski definition) is 0. The van der Waals surface area contributed by atoms with Gasteiger partial charge in [0.25, 0.3) is 0 Å². The first-order valence-electron chi connectivity index (χ1n) is 7.75. The van der Waals surface area contributed by atoms with Gasteiger partial charge in [-0.2, -0.15) is 0 Å². The van der Waals surface area contributed by atoms with Crippen LogP contribution in [0.15, 0.2) is 45.1 Å². The van der Waals surface area contributed by atoms with E-state index >= 15 is 0 Å². The Labute approximate surface area is 170 Å². The maximum absolute atomic E-state index is 13.2. The van der Waals surface area contributed by atoms with Gasteiger partial charge in [-0.3, -0.25) is 0 Å². The molecule has 0 saturated carbocycles. The van der Waals surface area contributed by atoms with E-state index in [1.54, 1.807) is 35.7 Å². The molecule has 0 aromatic heterocycles. The second-order valence-corrected chi connectivity index (χ2v) is 10.2. The summed E-state index contributed by atoms with van der Waals surface area (Å²) in [5.74, 6) is 0.106. The fourth-order valence-electron chi connectivity index (χ4n) is 2.61. The van der Waals surface area contributed by atoms with Crippen LogP contribution >= 0.6 is 35.1 Å². The van der Waals surface area contributed by atoms with Crippen LogP contribution in [0.4, 0.5) is 0 Å². The molecule has 0 atom stereocenters. The Hall–Kier alpha value is -0.641. The predicted octanol–water partition coefficient (Wildman–Crippen LogP) is 5.37. The molecule has 2 aromatic rings. The number of benzene rings is 2. The first-order valence-corrected chi connectivity index (χ1v) is 12.3. The first kappa shape index (κ1) is 20.7. The molecule has 2 rings (SSSR count). The van der Waals surface area contributed by atoms with Crippen molar-refractivity contribution in [3.63, 3.8) is 0 Å². The Morgan fingerprint density at radius 2 is 1.48 bits per heavy atom. The third-order valence-corrected chi connectivity index (χ3v) is 9.69. The monoisotopic (exact) mass is 456 g/mol. The summed E-state index contributed by atoms with van der Waals surface area (Å²) in [7, 11) is 0. The summed E-state index contributed by atoms with van der Waals surface area (Å²) in [6.07, 6.45) is 4.07. The number of carbonyl (C=O) groups is 1. The second-order valence-electron chi connectivity index (χ2n) is 5.69. The van der Waals surface area contributed by atoms with E-state index in [9.17, 15) is 4.79 Å². The second kappa shape index (κ2) is 9.34. The Morgan fingerprint density at radius 1 is 0.960 bits per heavy atom. The number of rotatable bonds is 6. The van der Waals surface area contributed by atoms with Crippen molar-refractivity contribution in [3.8, 4) is 0 Å². The van der Waals surface area contributed by atoms with Crippen LogP contribution in [0, 0.1) is 20.8 Å². The molecule has 0 radical (unpaired) electrons. The summed E-state index contributed by atoms with van der Waals surface area (Å²) in [6, 6.07) is 11.6. The van der Waals surface area contributed by atoms with Gasteiger partial charge in [0.2, 0.25) is 0 Å². The zero-order chi connectivity index (χ0) is 18.6. The average molecular weight is 456 g/mol. The summed E-state index contributed by atoms with van der Waals surface area (Å²) in [6.45, 7) is 6.39. The maximum atomic E-state index is 13.2. The van der Waals surface area contributed by atoms with E-state index in [0.717, 1.165) is 8.71 Å². The van der Waals surface area contributed by atoms with E-state index in [2.05, 4.69) is 32.9 Å². The number of carbonyl (C=O) groups excluding carboxylic acids is 1. The van der Waals surface area contributed by atoms with Crippen LogP contribution in [-0.4, -0.2) is 33.3 Å². The first-order chi connectivity index (χ1) is 11.9. The molecule has 0 aliphatic heterocycles. The summed E-state index contributed by atoms with van der Waals surface area (Å²) >= 11 is 9.23. The van der Waals surface area contributed by atoms with Gasteiger partial charge in [0.15, 0.2) is 0 Å². The Morgan fingerprint density at radius 3 is 1.96 bits per heavy atom. The summed E-state index contributed by atoms with van der Waals surface area (Å²) in [4.78, 5) is 13.2. The molecule has 0 fully saturated rings. The molecule has 0 bridgehead atoms. The average Bonchev–Trinajstić information content (AvgIpc) is 2.57. The molecular weight excluding hydrogens is 435 g/mol. The molecule has 0 aliphatic rings.